The third-order valence-corrected chi connectivity index (χ3v) is 6.03. The topological polar surface area (TPSA) is 90.7 Å². The summed E-state index contributed by atoms with van der Waals surface area (Å²) in [6.45, 7) is 2.71. The average Bonchev–Trinajstić information content (AvgIpc) is 3.39. The Morgan fingerprint density at radius 2 is 2.25 bits per heavy atom. The van der Waals surface area contributed by atoms with E-state index in [0.29, 0.717) is 23.6 Å². The minimum absolute atomic E-state index is 0.0421. The number of nitriles is 1. The van der Waals surface area contributed by atoms with Gasteiger partial charge in [-0.1, -0.05) is 0 Å². The lowest BCUT2D eigenvalue weighted by molar-refractivity contribution is 0.0948. The highest BCUT2D eigenvalue weighted by molar-refractivity contribution is 7.18. The van der Waals surface area contributed by atoms with Crippen molar-refractivity contribution >= 4 is 27.5 Å². The van der Waals surface area contributed by atoms with Crippen LogP contribution < -0.4 is 10.6 Å². The van der Waals surface area contributed by atoms with Crippen molar-refractivity contribution in [1.82, 2.24) is 20.6 Å². The predicted octanol–water partition coefficient (Wildman–Crippen LogP) is 2.69. The van der Waals surface area contributed by atoms with E-state index in [4.69, 9.17) is 5.26 Å². The zero-order chi connectivity index (χ0) is 19.3. The number of aryl methyl sites for hydroxylation is 2. The SMILES string of the molecule is N#Cc1ccc2nc(CCc3cc(C(=O)NCC4CCNC4)ccn3)sc2c1. The maximum absolute atomic E-state index is 12.4. The number of aromatic nitrogens is 2. The van der Waals surface area contributed by atoms with Crippen molar-refractivity contribution in [3.05, 3.63) is 58.4 Å². The fraction of sp³-hybridized carbons (Fsp3) is 0.333. The van der Waals surface area contributed by atoms with Crippen molar-refractivity contribution in [2.75, 3.05) is 19.6 Å². The lowest BCUT2D eigenvalue weighted by Crippen LogP contribution is -2.30. The number of hydrogen-bond donors (Lipinski definition) is 2. The van der Waals surface area contributed by atoms with Gasteiger partial charge < -0.3 is 10.6 Å². The van der Waals surface area contributed by atoms with Gasteiger partial charge in [0.05, 0.1) is 26.9 Å². The molecule has 1 amide bonds. The lowest BCUT2D eigenvalue weighted by Gasteiger charge is -2.10. The first kappa shape index (κ1) is 18.5. The first-order valence-corrected chi connectivity index (χ1v) is 10.3. The first-order valence-electron chi connectivity index (χ1n) is 9.44. The standard InChI is InChI=1S/C21H21N5OS/c22-11-14-1-3-18-19(9-14)28-20(26-18)4-2-17-10-16(6-8-24-17)21(27)25-13-15-5-7-23-12-15/h1,3,6,8-10,15,23H,2,4-5,7,12-13H2,(H,25,27). The molecule has 1 saturated heterocycles. The molecule has 1 atom stereocenters. The number of nitrogens with one attached hydrogen (secondary N) is 2. The number of carbonyl (C=O) groups is 1. The molecule has 1 aromatic carbocycles. The average molecular weight is 392 g/mol. The van der Waals surface area contributed by atoms with Gasteiger partial charge >= 0.3 is 0 Å². The number of hydrogen-bond acceptors (Lipinski definition) is 6. The Bertz CT molecular complexity index is 1030. The molecule has 1 fully saturated rings. The van der Waals surface area contributed by atoms with Crippen molar-refractivity contribution < 1.29 is 4.79 Å². The molecule has 28 heavy (non-hydrogen) atoms. The maximum atomic E-state index is 12.4. The summed E-state index contributed by atoms with van der Waals surface area (Å²) in [5.41, 5.74) is 3.10. The Labute approximate surface area is 167 Å². The number of benzene rings is 1. The molecule has 1 aliphatic rings. The van der Waals surface area contributed by atoms with Crippen molar-refractivity contribution in [2.24, 2.45) is 5.92 Å². The van der Waals surface area contributed by atoms with Gasteiger partial charge in [0.2, 0.25) is 0 Å². The molecule has 3 aromatic rings. The van der Waals surface area contributed by atoms with Gasteiger partial charge in [-0.2, -0.15) is 5.26 Å². The van der Waals surface area contributed by atoms with Crippen LogP contribution in [-0.4, -0.2) is 35.5 Å². The minimum atomic E-state index is -0.0421. The second kappa shape index (κ2) is 8.46. The van der Waals surface area contributed by atoms with Crippen molar-refractivity contribution in [3.63, 3.8) is 0 Å². The molecule has 7 heteroatoms. The molecule has 4 rings (SSSR count). The molecule has 1 unspecified atom stereocenters. The Morgan fingerprint density at radius 3 is 3.07 bits per heavy atom. The van der Waals surface area contributed by atoms with Gasteiger partial charge in [0.1, 0.15) is 0 Å². The Balaban J connectivity index is 1.38. The summed E-state index contributed by atoms with van der Waals surface area (Å²) >= 11 is 1.60. The van der Waals surface area contributed by atoms with Crippen molar-refractivity contribution in [1.29, 1.82) is 5.26 Å². The van der Waals surface area contributed by atoms with Gasteiger partial charge in [0, 0.05) is 30.4 Å². The van der Waals surface area contributed by atoms with Crippen LogP contribution in [-0.2, 0) is 12.8 Å². The molecule has 142 valence electrons. The van der Waals surface area contributed by atoms with Gasteiger partial charge in [-0.3, -0.25) is 9.78 Å². The molecule has 0 aliphatic carbocycles. The van der Waals surface area contributed by atoms with E-state index in [1.54, 1.807) is 29.7 Å². The Morgan fingerprint density at radius 1 is 1.32 bits per heavy atom. The number of carbonyl (C=O) groups excluding carboxylic acids is 1. The molecular formula is C21H21N5OS. The fourth-order valence-electron chi connectivity index (χ4n) is 3.37. The molecule has 1 aliphatic heterocycles. The van der Waals surface area contributed by atoms with Gasteiger partial charge in [-0.15, -0.1) is 11.3 Å². The second-order valence-electron chi connectivity index (χ2n) is 7.01. The fourth-order valence-corrected chi connectivity index (χ4v) is 4.37. The van der Waals surface area contributed by atoms with E-state index in [2.05, 4.69) is 26.7 Å². The molecule has 3 heterocycles. The van der Waals surface area contributed by atoms with Crippen LogP contribution in [0.4, 0.5) is 0 Å². The van der Waals surface area contributed by atoms with Gasteiger partial charge in [-0.25, -0.2) is 4.98 Å². The summed E-state index contributed by atoms with van der Waals surface area (Å²) in [6.07, 6.45) is 4.28. The van der Waals surface area contributed by atoms with Crippen LogP contribution in [0.3, 0.4) is 0 Å². The maximum Gasteiger partial charge on any atom is 0.251 e. The number of pyridine rings is 1. The highest BCUT2D eigenvalue weighted by atomic mass is 32.1. The van der Waals surface area contributed by atoms with Crippen LogP contribution in [0.5, 0.6) is 0 Å². The summed E-state index contributed by atoms with van der Waals surface area (Å²) < 4.78 is 1.02. The Kier molecular flexibility index (Phi) is 5.60. The van der Waals surface area contributed by atoms with Gasteiger partial charge in [0.15, 0.2) is 0 Å². The quantitative estimate of drug-likeness (QED) is 0.674. The van der Waals surface area contributed by atoms with Gasteiger partial charge in [-0.05, 0) is 62.2 Å². The van der Waals surface area contributed by atoms with E-state index in [1.807, 2.05) is 18.2 Å². The number of fused-ring (bicyclic) bond motifs is 1. The van der Waals surface area contributed by atoms with Crippen molar-refractivity contribution in [3.8, 4) is 6.07 Å². The highest BCUT2D eigenvalue weighted by Gasteiger charge is 2.16. The van der Waals surface area contributed by atoms with Crippen LogP contribution in [0.15, 0.2) is 36.5 Å². The molecule has 2 aromatic heterocycles. The summed E-state index contributed by atoms with van der Waals surface area (Å²) in [4.78, 5) is 21.4. The molecule has 0 spiro atoms. The van der Waals surface area contributed by atoms with E-state index < -0.39 is 0 Å². The molecule has 0 radical (unpaired) electrons. The Hall–Kier alpha value is -2.82. The lowest BCUT2D eigenvalue weighted by atomic mass is 10.1. The molecule has 6 nitrogen and oxygen atoms in total. The monoisotopic (exact) mass is 391 g/mol. The third kappa shape index (κ3) is 4.35. The molecular weight excluding hydrogens is 370 g/mol. The smallest absolute Gasteiger partial charge is 0.251 e. The van der Waals surface area contributed by atoms with Crippen molar-refractivity contribution in [2.45, 2.75) is 19.3 Å². The van der Waals surface area contributed by atoms with Crippen LogP contribution in [0.2, 0.25) is 0 Å². The zero-order valence-electron chi connectivity index (χ0n) is 15.4. The number of rotatable bonds is 6. The van der Waals surface area contributed by atoms with E-state index >= 15 is 0 Å². The normalized spacial score (nSPS) is 16.2. The summed E-state index contributed by atoms with van der Waals surface area (Å²) in [6, 6.07) is 11.3. The van der Waals surface area contributed by atoms with E-state index in [9.17, 15) is 4.79 Å². The number of amides is 1. The second-order valence-corrected chi connectivity index (χ2v) is 8.12. The van der Waals surface area contributed by atoms with Gasteiger partial charge in [0.25, 0.3) is 5.91 Å². The van der Waals surface area contributed by atoms with Crippen LogP contribution >= 0.6 is 11.3 Å². The molecule has 2 N–H and O–H groups in total. The summed E-state index contributed by atoms with van der Waals surface area (Å²) in [7, 11) is 0. The highest BCUT2D eigenvalue weighted by Crippen LogP contribution is 2.24. The molecule has 0 bridgehead atoms. The van der Waals surface area contributed by atoms with Crippen LogP contribution in [0.1, 0.15) is 33.0 Å². The summed E-state index contributed by atoms with van der Waals surface area (Å²) in [5, 5.41) is 16.4. The number of nitrogens with zero attached hydrogens (tertiary/aromatic N) is 3. The summed E-state index contributed by atoms with van der Waals surface area (Å²) in [5.74, 6) is 0.477. The zero-order valence-corrected chi connectivity index (χ0v) is 16.3. The third-order valence-electron chi connectivity index (χ3n) is 4.95. The molecule has 0 saturated carbocycles. The predicted molar refractivity (Wildman–Crippen MR) is 109 cm³/mol. The van der Waals surface area contributed by atoms with E-state index in [-0.39, 0.29) is 5.91 Å². The van der Waals surface area contributed by atoms with E-state index in [0.717, 1.165) is 53.3 Å². The largest absolute Gasteiger partial charge is 0.352 e. The minimum Gasteiger partial charge on any atom is -0.352 e. The first-order chi connectivity index (χ1) is 13.7. The van der Waals surface area contributed by atoms with Crippen LogP contribution in [0, 0.1) is 17.2 Å². The van der Waals surface area contributed by atoms with E-state index in [1.165, 1.54) is 0 Å². The van der Waals surface area contributed by atoms with Crippen LogP contribution in [0.25, 0.3) is 10.2 Å². The number of thiazole rings is 1.